The van der Waals surface area contributed by atoms with Crippen molar-refractivity contribution in [1.82, 2.24) is 0 Å². The van der Waals surface area contributed by atoms with Crippen LogP contribution in [0.1, 0.15) is 18.4 Å². The van der Waals surface area contributed by atoms with Gasteiger partial charge in [0.25, 0.3) is 5.91 Å². The highest BCUT2D eigenvalue weighted by atomic mass is 16.5. The molecule has 1 aromatic carbocycles. The second-order valence-corrected chi connectivity index (χ2v) is 4.36. The zero-order chi connectivity index (χ0) is 12.3. The maximum Gasteiger partial charge on any atom is 0.253 e. The number of ether oxygens (including phenoxy) is 1. The summed E-state index contributed by atoms with van der Waals surface area (Å²) in [6, 6.07) is 7.71. The van der Waals surface area contributed by atoms with E-state index in [1.807, 2.05) is 31.2 Å². The minimum Gasteiger partial charge on any atom is -0.364 e. The van der Waals surface area contributed by atoms with E-state index < -0.39 is 0 Å². The number of hydrogen-bond acceptors (Lipinski definition) is 3. The Labute approximate surface area is 101 Å². The molecule has 0 spiro atoms. The summed E-state index contributed by atoms with van der Waals surface area (Å²) in [6.45, 7) is 2.45. The Morgan fingerprint density at radius 1 is 1.47 bits per heavy atom. The van der Waals surface area contributed by atoms with Crippen molar-refractivity contribution in [2.75, 3.05) is 11.9 Å². The van der Waals surface area contributed by atoms with Crippen LogP contribution in [0.15, 0.2) is 24.3 Å². The predicted molar refractivity (Wildman–Crippen MR) is 66.8 cm³/mol. The normalized spacial score (nSPS) is 23.6. The number of aryl methyl sites for hydroxylation is 1. The Bertz CT molecular complexity index is 406. The van der Waals surface area contributed by atoms with Gasteiger partial charge in [-0.15, -0.1) is 0 Å². The lowest BCUT2D eigenvalue weighted by Crippen LogP contribution is -2.30. The lowest BCUT2D eigenvalue weighted by molar-refractivity contribution is -0.126. The van der Waals surface area contributed by atoms with Crippen molar-refractivity contribution in [3.63, 3.8) is 0 Å². The third-order valence-corrected chi connectivity index (χ3v) is 3.07. The number of hydrogen-bond donors (Lipinski definition) is 2. The molecule has 1 heterocycles. The summed E-state index contributed by atoms with van der Waals surface area (Å²) in [4.78, 5) is 12.0. The second-order valence-electron chi connectivity index (χ2n) is 4.36. The second kappa shape index (κ2) is 5.29. The highest BCUT2D eigenvalue weighted by Crippen LogP contribution is 2.21. The molecule has 1 aromatic rings. The van der Waals surface area contributed by atoms with E-state index in [9.17, 15) is 4.79 Å². The Kier molecular flexibility index (Phi) is 3.76. The van der Waals surface area contributed by atoms with Crippen LogP contribution < -0.4 is 11.1 Å². The van der Waals surface area contributed by atoms with Gasteiger partial charge in [-0.25, -0.2) is 0 Å². The summed E-state index contributed by atoms with van der Waals surface area (Å²) in [7, 11) is 0. The summed E-state index contributed by atoms with van der Waals surface area (Å²) in [5.41, 5.74) is 7.41. The number of benzene rings is 1. The minimum atomic E-state index is -0.358. The summed E-state index contributed by atoms with van der Waals surface area (Å²) in [5.74, 6) is -0.0738. The Morgan fingerprint density at radius 2 is 2.24 bits per heavy atom. The largest absolute Gasteiger partial charge is 0.364 e. The monoisotopic (exact) mass is 234 g/mol. The van der Waals surface area contributed by atoms with Gasteiger partial charge in [-0.2, -0.15) is 0 Å². The van der Waals surface area contributed by atoms with Crippen molar-refractivity contribution in [3.05, 3.63) is 29.8 Å². The van der Waals surface area contributed by atoms with E-state index in [0.717, 1.165) is 24.1 Å². The maximum atomic E-state index is 12.0. The van der Waals surface area contributed by atoms with E-state index >= 15 is 0 Å². The number of carbonyl (C=O) groups excluding carboxylic acids is 1. The molecule has 1 aliphatic rings. The van der Waals surface area contributed by atoms with Gasteiger partial charge >= 0.3 is 0 Å². The number of para-hydroxylation sites is 1. The smallest absolute Gasteiger partial charge is 0.253 e. The molecule has 0 radical (unpaired) electrons. The predicted octanol–water partition coefficient (Wildman–Crippen LogP) is 1.44. The highest BCUT2D eigenvalue weighted by molar-refractivity contribution is 5.94. The van der Waals surface area contributed by atoms with Crippen LogP contribution >= 0.6 is 0 Å². The van der Waals surface area contributed by atoms with Crippen LogP contribution in [-0.4, -0.2) is 24.7 Å². The Hall–Kier alpha value is -1.39. The minimum absolute atomic E-state index is 0.0302. The van der Waals surface area contributed by atoms with Gasteiger partial charge in [-0.3, -0.25) is 4.79 Å². The van der Waals surface area contributed by atoms with Crippen LogP contribution in [-0.2, 0) is 9.53 Å². The Morgan fingerprint density at radius 3 is 2.88 bits per heavy atom. The molecule has 4 heteroatoms. The number of rotatable bonds is 3. The number of nitrogens with one attached hydrogen (secondary N) is 1. The SMILES string of the molecule is Cc1ccccc1NC(=O)C1CCC(CN)O1. The van der Waals surface area contributed by atoms with E-state index in [2.05, 4.69) is 5.32 Å². The fourth-order valence-corrected chi connectivity index (χ4v) is 2.00. The maximum absolute atomic E-state index is 12.0. The van der Waals surface area contributed by atoms with E-state index in [1.54, 1.807) is 0 Å². The van der Waals surface area contributed by atoms with Gasteiger partial charge in [0.1, 0.15) is 6.10 Å². The molecule has 92 valence electrons. The number of nitrogens with two attached hydrogens (primary N) is 1. The van der Waals surface area contributed by atoms with Crippen molar-refractivity contribution >= 4 is 11.6 Å². The number of anilines is 1. The average molecular weight is 234 g/mol. The lowest BCUT2D eigenvalue weighted by atomic mass is 10.1. The molecule has 1 aliphatic heterocycles. The van der Waals surface area contributed by atoms with Gasteiger partial charge in [0.05, 0.1) is 6.10 Å². The van der Waals surface area contributed by atoms with Crippen LogP contribution in [0.3, 0.4) is 0 Å². The quantitative estimate of drug-likeness (QED) is 0.831. The molecule has 2 unspecified atom stereocenters. The van der Waals surface area contributed by atoms with Crippen molar-refractivity contribution in [2.24, 2.45) is 5.73 Å². The fraction of sp³-hybridized carbons (Fsp3) is 0.462. The van der Waals surface area contributed by atoms with E-state index in [1.165, 1.54) is 0 Å². The molecule has 0 aromatic heterocycles. The van der Waals surface area contributed by atoms with Crippen LogP contribution in [0.5, 0.6) is 0 Å². The third-order valence-electron chi connectivity index (χ3n) is 3.07. The first kappa shape index (κ1) is 12.1. The molecule has 0 aliphatic carbocycles. The van der Waals surface area contributed by atoms with Crippen molar-refractivity contribution in [3.8, 4) is 0 Å². The Balaban J connectivity index is 1.96. The van der Waals surface area contributed by atoms with Crippen LogP contribution in [0, 0.1) is 6.92 Å². The molecule has 0 saturated carbocycles. The molecule has 1 fully saturated rings. The van der Waals surface area contributed by atoms with E-state index in [-0.39, 0.29) is 18.1 Å². The standard InChI is InChI=1S/C13H18N2O2/c1-9-4-2-3-5-11(9)15-13(16)12-7-6-10(8-14)17-12/h2-5,10,12H,6-8,14H2,1H3,(H,15,16). The van der Waals surface area contributed by atoms with Gasteiger partial charge in [0.2, 0.25) is 0 Å². The van der Waals surface area contributed by atoms with Gasteiger partial charge in [-0.05, 0) is 31.4 Å². The third kappa shape index (κ3) is 2.84. The molecular formula is C13H18N2O2. The van der Waals surface area contributed by atoms with E-state index in [0.29, 0.717) is 6.54 Å². The molecule has 4 nitrogen and oxygen atoms in total. The summed E-state index contributed by atoms with van der Waals surface area (Å²) in [5, 5.41) is 2.89. The summed E-state index contributed by atoms with van der Waals surface area (Å²) < 4.78 is 5.55. The molecule has 0 bridgehead atoms. The molecule has 17 heavy (non-hydrogen) atoms. The van der Waals surface area contributed by atoms with E-state index in [4.69, 9.17) is 10.5 Å². The highest BCUT2D eigenvalue weighted by Gasteiger charge is 2.29. The number of amides is 1. The average Bonchev–Trinajstić information content (AvgIpc) is 2.81. The topological polar surface area (TPSA) is 64.4 Å². The zero-order valence-corrected chi connectivity index (χ0v) is 9.98. The van der Waals surface area contributed by atoms with Gasteiger partial charge in [0.15, 0.2) is 0 Å². The van der Waals surface area contributed by atoms with Crippen LogP contribution in [0.4, 0.5) is 5.69 Å². The molecular weight excluding hydrogens is 216 g/mol. The first-order valence-electron chi connectivity index (χ1n) is 5.92. The van der Waals surface area contributed by atoms with Crippen molar-refractivity contribution in [1.29, 1.82) is 0 Å². The molecule has 3 N–H and O–H groups in total. The first-order valence-corrected chi connectivity index (χ1v) is 5.92. The molecule has 2 atom stereocenters. The van der Waals surface area contributed by atoms with Crippen molar-refractivity contribution in [2.45, 2.75) is 32.0 Å². The number of carbonyl (C=O) groups is 1. The first-order chi connectivity index (χ1) is 8.20. The van der Waals surface area contributed by atoms with Gasteiger partial charge in [0, 0.05) is 12.2 Å². The van der Waals surface area contributed by atoms with Crippen LogP contribution in [0.2, 0.25) is 0 Å². The van der Waals surface area contributed by atoms with Crippen LogP contribution in [0.25, 0.3) is 0 Å². The molecule has 1 amide bonds. The molecule has 2 rings (SSSR count). The van der Waals surface area contributed by atoms with Gasteiger partial charge < -0.3 is 15.8 Å². The molecule has 1 saturated heterocycles. The van der Waals surface area contributed by atoms with Gasteiger partial charge in [-0.1, -0.05) is 18.2 Å². The summed E-state index contributed by atoms with van der Waals surface area (Å²) in [6.07, 6.45) is 1.29. The summed E-state index contributed by atoms with van der Waals surface area (Å²) >= 11 is 0. The van der Waals surface area contributed by atoms with Crippen molar-refractivity contribution < 1.29 is 9.53 Å². The zero-order valence-electron chi connectivity index (χ0n) is 9.98. The lowest BCUT2D eigenvalue weighted by Gasteiger charge is -2.13. The fourth-order valence-electron chi connectivity index (χ4n) is 2.00.